The van der Waals surface area contributed by atoms with E-state index in [-0.39, 0.29) is 5.91 Å². The molecular weight excluding hydrogens is 350 g/mol. The molecule has 0 bridgehead atoms. The van der Waals surface area contributed by atoms with Gasteiger partial charge in [0.15, 0.2) is 0 Å². The highest BCUT2D eigenvalue weighted by Gasteiger charge is 2.12. The van der Waals surface area contributed by atoms with E-state index in [9.17, 15) is 4.79 Å². The second kappa shape index (κ2) is 9.04. The zero-order chi connectivity index (χ0) is 19.9. The van der Waals surface area contributed by atoms with Gasteiger partial charge in [-0.25, -0.2) is 5.43 Å². The number of ether oxygens (including phenoxy) is 1. The number of hydrazone groups is 1. The van der Waals surface area contributed by atoms with Gasteiger partial charge in [0, 0.05) is 5.69 Å². The summed E-state index contributed by atoms with van der Waals surface area (Å²) >= 11 is 0. The minimum atomic E-state index is -0.425. The van der Waals surface area contributed by atoms with Gasteiger partial charge in [-0.05, 0) is 67.4 Å². The van der Waals surface area contributed by atoms with E-state index in [0.29, 0.717) is 6.61 Å². The fourth-order valence-electron chi connectivity index (χ4n) is 2.84. The van der Waals surface area contributed by atoms with Crippen molar-refractivity contribution in [3.05, 3.63) is 72.3 Å². The quantitative estimate of drug-likeness (QED) is 0.469. The number of hydrogen-bond donors (Lipinski definition) is 2. The fraction of sp³-hybridized carbons (Fsp3) is 0.217. The molecule has 144 valence electrons. The number of anilines is 1. The summed E-state index contributed by atoms with van der Waals surface area (Å²) in [6.45, 7) is 6.25. The summed E-state index contributed by atoms with van der Waals surface area (Å²) in [4.78, 5) is 12.4. The van der Waals surface area contributed by atoms with Crippen molar-refractivity contribution in [2.45, 2.75) is 26.8 Å². The Kier molecular flexibility index (Phi) is 6.27. The summed E-state index contributed by atoms with van der Waals surface area (Å²) in [5.74, 6) is 0.606. The van der Waals surface area contributed by atoms with Gasteiger partial charge in [-0.2, -0.15) is 5.10 Å². The van der Waals surface area contributed by atoms with Crippen molar-refractivity contribution < 1.29 is 9.53 Å². The molecule has 1 amide bonds. The van der Waals surface area contributed by atoms with Crippen LogP contribution >= 0.6 is 0 Å². The molecule has 0 saturated carbocycles. The summed E-state index contributed by atoms with van der Waals surface area (Å²) < 4.78 is 5.42. The summed E-state index contributed by atoms with van der Waals surface area (Å²) in [7, 11) is 0. The van der Waals surface area contributed by atoms with Crippen LogP contribution in [0.15, 0.2) is 71.8 Å². The first-order valence-corrected chi connectivity index (χ1v) is 9.39. The molecule has 3 aromatic rings. The lowest BCUT2D eigenvalue weighted by molar-refractivity contribution is -0.121. The summed E-state index contributed by atoms with van der Waals surface area (Å²) in [6, 6.07) is 21.4. The van der Waals surface area contributed by atoms with Gasteiger partial charge in [-0.15, -0.1) is 0 Å². The van der Waals surface area contributed by atoms with E-state index in [2.05, 4.69) is 40.1 Å². The number of benzene rings is 3. The third-order valence-corrected chi connectivity index (χ3v) is 4.44. The van der Waals surface area contributed by atoms with Crippen molar-refractivity contribution in [3.8, 4) is 5.75 Å². The number of rotatable bonds is 7. The number of amides is 1. The minimum absolute atomic E-state index is 0.200. The number of nitrogens with one attached hydrogen (secondary N) is 2. The van der Waals surface area contributed by atoms with Crippen LogP contribution in [0, 0.1) is 0 Å². The first-order chi connectivity index (χ1) is 13.6. The summed E-state index contributed by atoms with van der Waals surface area (Å²) in [5, 5.41) is 9.74. The predicted molar refractivity (Wildman–Crippen MR) is 115 cm³/mol. The molecule has 3 rings (SSSR count). The largest absolute Gasteiger partial charge is 0.494 e. The van der Waals surface area contributed by atoms with Crippen LogP contribution < -0.4 is 15.5 Å². The van der Waals surface area contributed by atoms with E-state index in [0.717, 1.165) is 28.1 Å². The highest BCUT2D eigenvalue weighted by atomic mass is 16.5. The average molecular weight is 375 g/mol. The van der Waals surface area contributed by atoms with Crippen LogP contribution in [0.5, 0.6) is 5.75 Å². The Bertz CT molecular complexity index is 981. The van der Waals surface area contributed by atoms with Gasteiger partial charge >= 0.3 is 0 Å². The molecule has 0 saturated heterocycles. The Hall–Kier alpha value is -3.34. The molecule has 0 spiro atoms. The molecule has 0 fully saturated rings. The van der Waals surface area contributed by atoms with Crippen LogP contribution in [0.2, 0.25) is 0 Å². The Labute approximate surface area is 165 Å². The van der Waals surface area contributed by atoms with Crippen molar-refractivity contribution in [1.29, 1.82) is 0 Å². The van der Waals surface area contributed by atoms with Gasteiger partial charge in [-0.3, -0.25) is 4.79 Å². The Morgan fingerprint density at radius 2 is 1.75 bits per heavy atom. The topological polar surface area (TPSA) is 62.7 Å². The highest BCUT2D eigenvalue weighted by molar-refractivity contribution is 6.02. The number of hydrogen-bond acceptors (Lipinski definition) is 4. The van der Waals surface area contributed by atoms with Crippen molar-refractivity contribution in [2.75, 3.05) is 11.9 Å². The number of nitrogens with zero attached hydrogens (tertiary/aromatic N) is 1. The van der Waals surface area contributed by atoms with E-state index in [1.165, 1.54) is 5.39 Å². The first-order valence-electron chi connectivity index (χ1n) is 9.39. The molecule has 0 heterocycles. The predicted octanol–water partition coefficient (Wildman–Crippen LogP) is 4.58. The molecule has 2 N–H and O–H groups in total. The monoisotopic (exact) mass is 375 g/mol. The van der Waals surface area contributed by atoms with Gasteiger partial charge in [-0.1, -0.05) is 36.4 Å². The second-order valence-electron chi connectivity index (χ2n) is 6.56. The van der Waals surface area contributed by atoms with Crippen molar-refractivity contribution in [1.82, 2.24) is 5.43 Å². The van der Waals surface area contributed by atoms with Crippen LogP contribution in [-0.2, 0) is 4.79 Å². The lowest BCUT2D eigenvalue weighted by atomic mass is 10.0. The maximum absolute atomic E-state index is 12.4. The van der Waals surface area contributed by atoms with Crippen molar-refractivity contribution in [2.24, 2.45) is 5.10 Å². The number of fused-ring (bicyclic) bond motifs is 1. The van der Waals surface area contributed by atoms with Crippen molar-refractivity contribution >= 4 is 28.1 Å². The van der Waals surface area contributed by atoms with Crippen LogP contribution in [0.1, 0.15) is 26.3 Å². The average Bonchev–Trinajstić information content (AvgIpc) is 2.73. The van der Waals surface area contributed by atoms with E-state index >= 15 is 0 Å². The summed E-state index contributed by atoms with van der Waals surface area (Å²) in [5.41, 5.74) is 5.23. The van der Waals surface area contributed by atoms with Gasteiger partial charge in [0.1, 0.15) is 11.8 Å². The van der Waals surface area contributed by atoms with Gasteiger partial charge in [0.25, 0.3) is 5.91 Å². The van der Waals surface area contributed by atoms with E-state index in [1.54, 1.807) is 6.92 Å². The molecule has 0 radical (unpaired) electrons. The molecule has 0 unspecified atom stereocenters. The molecule has 0 aliphatic heterocycles. The third-order valence-electron chi connectivity index (χ3n) is 4.44. The van der Waals surface area contributed by atoms with Crippen LogP contribution in [0.25, 0.3) is 10.8 Å². The Morgan fingerprint density at radius 1 is 1.04 bits per heavy atom. The second-order valence-corrected chi connectivity index (χ2v) is 6.56. The van der Waals surface area contributed by atoms with Crippen LogP contribution in [-0.4, -0.2) is 24.3 Å². The van der Waals surface area contributed by atoms with Gasteiger partial charge < -0.3 is 10.1 Å². The molecular formula is C23H25N3O2. The number of carbonyl (C=O) groups excluding carboxylic acids is 1. The Morgan fingerprint density at radius 3 is 2.46 bits per heavy atom. The Balaban J connectivity index is 1.60. The minimum Gasteiger partial charge on any atom is -0.494 e. The molecule has 1 atom stereocenters. The van der Waals surface area contributed by atoms with Gasteiger partial charge in [0.05, 0.1) is 12.3 Å². The normalized spacial score (nSPS) is 12.5. The smallest absolute Gasteiger partial charge is 0.262 e. The SMILES string of the molecule is CCOc1ccc(N[C@H](C)C(=O)NN=C(C)c2ccc3ccccc3c2)cc1. The molecule has 5 nitrogen and oxygen atoms in total. The van der Waals surface area contributed by atoms with Crippen LogP contribution in [0.4, 0.5) is 5.69 Å². The highest BCUT2D eigenvalue weighted by Crippen LogP contribution is 2.17. The molecule has 3 aromatic carbocycles. The van der Waals surface area contributed by atoms with E-state index < -0.39 is 6.04 Å². The standard InChI is InChI=1S/C23H25N3O2/c1-4-28-22-13-11-21(12-14-22)24-17(3)23(27)26-25-16(2)19-10-9-18-7-5-6-8-20(18)15-19/h5-15,17,24H,4H2,1-3H3,(H,26,27)/t17-/m1/s1. The van der Waals surface area contributed by atoms with Crippen molar-refractivity contribution in [3.63, 3.8) is 0 Å². The maximum atomic E-state index is 12.4. The third kappa shape index (κ3) is 4.88. The zero-order valence-electron chi connectivity index (χ0n) is 16.4. The molecule has 0 aliphatic rings. The molecule has 0 aromatic heterocycles. The first kappa shape index (κ1) is 19.4. The lowest BCUT2D eigenvalue weighted by Crippen LogP contribution is -2.35. The maximum Gasteiger partial charge on any atom is 0.262 e. The molecule has 5 heteroatoms. The zero-order valence-corrected chi connectivity index (χ0v) is 16.4. The fourth-order valence-corrected chi connectivity index (χ4v) is 2.84. The van der Waals surface area contributed by atoms with E-state index in [1.807, 2.05) is 56.3 Å². The van der Waals surface area contributed by atoms with Crippen LogP contribution in [0.3, 0.4) is 0 Å². The van der Waals surface area contributed by atoms with E-state index in [4.69, 9.17) is 4.74 Å². The lowest BCUT2D eigenvalue weighted by Gasteiger charge is -2.14. The van der Waals surface area contributed by atoms with Gasteiger partial charge in [0.2, 0.25) is 0 Å². The molecule has 0 aliphatic carbocycles. The molecule has 28 heavy (non-hydrogen) atoms. The summed E-state index contributed by atoms with van der Waals surface area (Å²) in [6.07, 6.45) is 0. The number of carbonyl (C=O) groups is 1.